The van der Waals surface area contributed by atoms with E-state index in [1.165, 1.54) is 6.07 Å². The Kier molecular flexibility index (Phi) is 5.07. The fraction of sp³-hybridized carbons (Fsp3) is 0.350. The summed E-state index contributed by atoms with van der Waals surface area (Å²) in [4.78, 5) is 9.91. The fourth-order valence-electron chi connectivity index (χ4n) is 3.95. The number of hydrogen-bond acceptors (Lipinski definition) is 4. The number of fused-ring (bicyclic) bond motifs is 1. The van der Waals surface area contributed by atoms with Gasteiger partial charge in [0.2, 0.25) is 10.0 Å². The molecule has 8 heteroatoms. The highest BCUT2D eigenvalue weighted by atomic mass is 35.5. The number of sulfonamides is 1. The third-order valence-corrected chi connectivity index (χ3v) is 7.73. The van der Waals surface area contributed by atoms with Crippen molar-refractivity contribution in [1.29, 1.82) is 0 Å². The van der Waals surface area contributed by atoms with E-state index in [1.54, 1.807) is 28.7 Å². The van der Waals surface area contributed by atoms with Gasteiger partial charge >= 0.3 is 0 Å². The topological polar surface area (TPSA) is 69.3 Å². The highest BCUT2D eigenvalue weighted by molar-refractivity contribution is 7.89. The van der Waals surface area contributed by atoms with Gasteiger partial charge in [0.05, 0.1) is 4.90 Å². The van der Waals surface area contributed by atoms with Crippen LogP contribution in [0.1, 0.15) is 13.3 Å². The highest BCUT2D eigenvalue weighted by Gasteiger charge is 2.36. The molecular weight excluding hydrogens is 396 g/mol. The van der Waals surface area contributed by atoms with E-state index in [4.69, 9.17) is 11.6 Å². The number of pyridine rings is 1. The van der Waals surface area contributed by atoms with E-state index < -0.39 is 10.0 Å². The fourth-order valence-corrected chi connectivity index (χ4v) is 5.73. The molecule has 1 N–H and O–H groups in total. The lowest BCUT2D eigenvalue weighted by atomic mass is 9.93. The smallest absolute Gasteiger partial charge is 0.243 e. The summed E-state index contributed by atoms with van der Waals surface area (Å²) >= 11 is 6.02. The van der Waals surface area contributed by atoms with Gasteiger partial charge in [0.25, 0.3) is 0 Å². The number of likely N-dealkylation sites (N-methyl/N-ethyl adjacent to an activating group) is 1. The van der Waals surface area contributed by atoms with Crippen LogP contribution in [0.15, 0.2) is 53.7 Å². The SMILES string of the molecule is C[C@@H]1CCN(S(=O)(=O)c2cccc(Cl)c2)C[C@@H]1N(C)c1ccnc2[nH]ccc12. The van der Waals surface area contributed by atoms with E-state index in [0.29, 0.717) is 24.0 Å². The first-order valence-corrected chi connectivity index (χ1v) is 11.1. The van der Waals surface area contributed by atoms with Gasteiger partial charge in [-0.3, -0.25) is 0 Å². The molecule has 0 spiro atoms. The molecule has 1 saturated heterocycles. The summed E-state index contributed by atoms with van der Waals surface area (Å²) in [5, 5.41) is 1.46. The van der Waals surface area contributed by atoms with Crippen LogP contribution >= 0.6 is 11.6 Å². The second-order valence-electron chi connectivity index (χ2n) is 7.33. The quantitative estimate of drug-likeness (QED) is 0.700. The van der Waals surface area contributed by atoms with E-state index in [1.807, 2.05) is 25.4 Å². The molecule has 28 heavy (non-hydrogen) atoms. The maximum atomic E-state index is 13.2. The van der Waals surface area contributed by atoms with Crippen LogP contribution in [0.25, 0.3) is 11.0 Å². The number of H-pyrrole nitrogens is 1. The van der Waals surface area contributed by atoms with Crippen molar-refractivity contribution < 1.29 is 8.42 Å². The maximum absolute atomic E-state index is 13.2. The molecule has 0 saturated carbocycles. The molecule has 148 valence electrons. The lowest BCUT2D eigenvalue weighted by Gasteiger charge is -2.42. The molecule has 1 aliphatic rings. The number of benzene rings is 1. The summed E-state index contributed by atoms with van der Waals surface area (Å²) in [5.74, 6) is 0.359. The van der Waals surface area contributed by atoms with E-state index in [-0.39, 0.29) is 10.9 Å². The minimum atomic E-state index is -3.58. The Balaban J connectivity index is 1.64. The van der Waals surface area contributed by atoms with Gasteiger partial charge in [-0.15, -0.1) is 0 Å². The Morgan fingerprint density at radius 3 is 2.89 bits per heavy atom. The van der Waals surface area contributed by atoms with Gasteiger partial charge in [-0.25, -0.2) is 13.4 Å². The van der Waals surface area contributed by atoms with Crippen LogP contribution in [-0.4, -0.2) is 48.9 Å². The van der Waals surface area contributed by atoms with E-state index >= 15 is 0 Å². The van der Waals surface area contributed by atoms with Crippen molar-refractivity contribution in [3.05, 3.63) is 53.8 Å². The summed E-state index contributed by atoms with van der Waals surface area (Å²) in [6.07, 6.45) is 4.45. The Hall–Kier alpha value is -2.09. The number of aromatic nitrogens is 2. The monoisotopic (exact) mass is 418 g/mol. The predicted molar refractivity (Wildman–Crippen MR) is 112 cm³/mol. The highest BCUT2D eigenvalue weighted by Crippen LogP contribution is 2.32. The number of aromatic amines is 1. The zero-order valence-corrected chi connectivity index (χ0v) is 17.4. The maximum Gasteiger partial charge on any atom is 0.243 e. The molecule has 1 aromatic carbocycles. The number of hydrogen-bond donors (Lipinski definition) is 1. The van der Waals surface area contributed by atoms with Crippen LogP contribution in [0.5, 0.6) is 0 Å². The number of nitrogens with zero attached hydrogens (tertiary/aromatic N) is 3. The van der Waals surface area contributed by atoms with Crippen molar-refractivity contribution in [3.8, 4) is 0 Å². The number of anilines is 1. The van der Waals surface area contributed by atoms with Gasteiger partial charge in [-0.05, 0) is 42.7 Å². The first-order chi connectivity index (χ1) is 13.4. The average molecular weight is 419 g/mol. The van der Waals surface area contributed by atoms with Crippen LogP contribution in [0.2, 0.25) is 5.02 Å². The third-order valence-electron chi connectivity index (χ3n) is 5.63. The molecule has 0 aliphatic carbocycles. The number of halogens is 1. The zero-order valence-electron chi connectivity index (χ0n) is 15.8. The summed E-state index contributed by atoms with van der Waals surface area (Å²) in [6.45, 7) is 3.12. The van der Waals surface area contributed by atoms with E-state index in [0.717, 1.165) is 23.1 Å². The first-order valence-electron chi connectivity index (χ1n) is 9.28. The summed E-state index contributed by atoms with van der Waals surface area (Å²) in [6, 6.07) is 10.5. The lowest BCUT2D eigenvalue weighted by molar-refractivity contribution is 0.248. The Bertz CT molecular complexity index is 1100. The number of nitrogens with one attached hydrogen (secondary N) is 1. The summed E-state index contributed by atoms with van der Waals surface area (Å²) in [5.41, 5.74) is 1.88. The molecule has 2 aromatic heterocycles. The molecule has 6 nitrogen and oxygen atoms in total. The molecule has 0 radical (unpaired) electrons. The molecule has 1 aliphatic heterocycles. The standard InChI is InChI=1S/C20H23ClN4O2S/c1-14-8-11-25(28(26,27)16-5-3-4-15(21)12-16)13-19(14)24(2)18-7-10-23-20-17(18)6-9-22-20/h3-7,9-10,12,14,19H,8,11,13H2,1-2H3,(H,22,23)/t14-,19+/m1/s1. The van der Waals surface area contributed by atoms with Crippen molar-refractivity contribution >= 4 is 38.3 Å². The molecule has 4 rings (SSSR count). The van der Waals surface area contributed by atoms with Gasteiger partial charge in [0.15, 0.2) is 0 Å². The van der Waals surface area contributed by atoms with Crippen molar-refractivity contribution in [2.75, 3.05) is 25.0 Å². The third kappa shape index (κ3) is 3.38. The van der Waals surface area contributed by atoms with Crippen LogP contribution in [0.4, 0.5) is 5.69 Å². The molecule has 0 unspecified atom stereocenters. The molecule has 0 bridgehead atoms. The van der Waals surface area contributed by atoms with Gasteiger partial charge < -0.3 is 9.88 Å². The van der Waals surface area contributed by atoms with E-state index in [9.17, 15) is 8.42 Å². The zero-order chi connectivity index (χ0) is 19.9. The van der Waals surface area contributed by atoms with E-state index in [2.05, 4.69) is 21.8 Å². The lowest BCUT2D eigenvalue weighted by Crippen LogP contribution is -2.52. The van der Waals surface area contributed by atoms with Crippen molar-refractivity contribution in [1.82, 2.24) is 14.3 Å². The van der Waals surface area contributed by atoms with Crippen LogP contribution in [-0.2, 0) is 10.0 Å². The molecular formula is C20H23ClN4O2S. The Morgan fingerprint density at radius 1 is 1.29 bits per heavy atom. The summed E-state index contributed by atoms with van der Waals surface area (Å²) < 4.78 is 27.9. The van der Waals surface area contributed by atoms with Crippen molar-refractivity contribution in [3.63, 3.8) is 0 Å². The van der Waals surface area contributed by atoms with Crippen molar-refractivity contribution in [2.24, 2.45) is 5.92 Å². The normalized spacial score (nSPS) is 21.1. The van der Waals surface area contributed by atoms with Gasteiger partial charge in [-0.1, -0.05) is 24.6 Å². The van der Waals surface area contributed by atoms with Crippen LogP contribution in [0, 0.1) is 5.92 Å². The van der Waals surface area contributed by atoms with Gasteiger partial charge in [-0.2, -0.15) is 4.31 Å². The molecule has 0 amide bonds. The molecule has 3 aromatic rings. The largest absolute Gasteiger partial charge is 0.369 e. The molecule has 3 heterocycles. The Labute approximate surface area is 170 Å². The first kappa shape index (κ1) is 19.2. The predicted octanol–water partition coefficient (Wildman–Crippen LogP) is 3.75. The minimum Gasteiger partial charge on any atom is -0.369 e. The summed E-state index contributed by atoms with van der Waals surface area (Å²) in [7, 11) is -1.56. The van der Waals surface area contributed by atoms with Gasteiger partial charge in [0.1, 0.15) is 5.65 Å². The van der Waals surface area contributed by atoms with Gasteiger partial charge in [0, 0.05) is 54.7 Å². The Morgan fingerprint density at radius 2 is 2.11 bits per heavy atom. The average Bonchev–Trinajstić information content (AvgIpc) is 3.16. The second-order valence-corrected chi connectivity index (χ2v) is 9.71. The second kappa shape index (κ2) is 7.39. The van der Waals surface area contributed by atoms with Crippen molar-refractivity contribution in [2.45, 2.75) is 24.3 Å². The van der Waals surface area contributed by atoms with Crippen LogP contribution in [0.3, 0.4) is 0 Å². The number of piperidine rings is 1. The number of rotatable bonds is 4. The molecule has 2 atom stereocenters. The minimum absolute atomic E-state index is 0.0585. The molecule has 1 fully saturated rings. The van der Waals surface area contributed by atoms with Crippen LogP contribution < -0.4 is 4.90 Å².